The molecule has 3 aromatic rings. The Hall–Kier alpha value is -4.38. The van der Waals surface area contributed by atoms with Crippen LogP contribution < -0.4 is 15.1 Å². The van der Waals surface area contributed by atoms with Crippen molar-refractivity contribution in [3.05, 3.63) is 91.5 Å². The van der Waals surface area contributed by atoms with Gasteiger partial charge in [0, 0.05) is 31.9 Å². The highest BCUT2D eigenvalue weighted by Gasteiger charge is 2.30. The third-order valence-electron chi connectivity index (χ3n) is 5.69. The zero-order chi connectivity index (χ0) is 25.1. The number of halogens is 1. The summed E-state index contributed by atoms with van der Waals surface area (Å²) in [7, 11) is 0. The molecule has 2 N–H and O–H groups in total. The highest BCUT2D eigenvalue weighted by atomic mass is 35.5. The SMILES string of the molecule is O=C(O)c1cccc(Nc2cc(N3CCN(c4ccccc4Cl)CC3)c([N+](=O)[O-])cc2[N+](=O)[O-])c1. The number of carbonyl (C=O) groups is 1. The fourth-order valence-electron chi connectivity index (χ4n) is 4.00. The van der Waals surface area contributed by atoms with Crippen molar-refractivity contribution in [2.24, 2.45) is 0 Å². The molecule has 0 aromatic heterocycles. The molecule has 0 amide bonds. The van der Waals surface area contributed by atoms with Crippen LogP contribution in [0.2, 0.25) is 5.02 Å². The Morgan fingerprint density at radius 3 is 2.09 bits per heavy atom. The predicted molar refractivity (Wildman–Crippen MR) is 132 cm³/mol. The van der Waals surface area contributed by atoms with E-state index < -0.39 is 21.5 Å². The Balaban J connectivity index is 1.67. The maximum atomic E-state index is 11.8. The van der Waals surface area contributed by atoms with Gasteiger partial charge in [0.25, 0.3) is 11.4 Å². The number of nitrogens with zero attached hydrogens (tertiary/aromatic N) is 4. The Morgan fingerprint density at radius 1 is 0.857 bits per heavy atom. The van der Waals surface area contributed by atoms with E-state index in [1.807, 2.05) is 18.2 Å². The molecule has 0 spiro atoms. The van der Waals surface area contributed by atoms with Crippen LogP contribution >= 0.6 is 11.6 Å². The lowest BCUT2D eigenvalue weighted by molar-refractivity contribution is -0.393. The van der Waals surface area contributed by atoms with E-state index in [1.165, 1.54) is 24.3 Å². The van der Waals surface area contributed by atoms with Gasteiger partial charge in [-0.1, -0.05) is 29.8 Å². The number of carboxylic acid groups (broad SMARTS) is 1. The van der Waals surface area contributed by atoms with Gasteiger partial charge in [0.1, 0.15) is 11.4 Å². The molecule has 12 heteroatoms. The second-order valence-corrected chi connectivity index (χ2v) is 8.22. The summed E-state index contributed by atoms with van der Waals surface area (Å²) in [4.78, 5) is 37.3. The lowest BCUT2D eigenvalue weighted by atomic mass is 10.1. The number of piperazine rings is 1. The monoisotopic (exact) mass is 497 g/mol. The van der Waals surface area contributed by atoms with Crippen molar-refractivity contribution in [2.45, 2.75) is 0 Å². The van der Waals surface area contributed by atoms with Crippen LogP contribution in [0.1, 0.15) is 10.4 Å². The topological polar surface area (TPSA) is 142 Å². The van der Waals surface area contributed by atoms with Crippen LogP contribution in [0, 0.1) is 20.2 Å². The number of anilines is 4. The molecule has 180 valence electrons. The average molecular weight is 498 g/mol. The van der Waals surface area contributed by atoms with E-state index in [4.69, 9.17) is 11.6 Å². The lowest BCUT2D eigenvalue weighted by Gasteiger charge is -2.37. The Labute approximate surface area is 204 Å². The van der Waals surface area contributed by atoms with Crippen molar-refractivity contribution in [3.8, 4) is 0 Å². The first-order valence-electron chi connectivity index (χ1n) is 10.6. The maximum Gasteiger partial charge on any atom is 0.335 e. The molecule has 0 saturated carbocycles. The summed E-state index contributed by atoms with van der Waals surface area (Å²) in [5, 5.41) is 36.2. The zero-order valence-corrected chi connectivity index (χ0v) is 19.0. The molecule has 1 aliphatic rings. The number of nitro benzene ring substituents is 2. The van der Waals surface area contributed by atoms with E-state index in [2.05, 4.69) is 10.2 Å². The van der Waals surface area contributed by atoms with Crippen molar-refractivity contribution in [1.82, 2.24) is 0 Å². The molecule has 35 heavy (non-hydrogen) atoms. The van der Waals surface area contributed by atoms with Gasteiger partial charge in [-0.25, -0.2) is 4.79 Å². The molecule has 1 aliphatic heterocycles. The molecule has 0 unspecified atom stereocenters. The normalized spacial score (nSPS) is 13.4. The van der Waals surface area contributed by atoms with Gasteiger partial charge in [-0.15, -0.1) is 0 Å². The molecule has 0 atom stereocenters. The Kier molecular flexibility index (Phi) is 6.69. The minimum absolute atomic E-state index is 0.00418. The number of para-hydroxylation sites is 1. The number of rotatable bonds is 7. The summed E-state index contributed by atoms with van der Waals surface area (Å²) in [6.07, 6.45) is 0. The molecule has 1 heterocycles. The highest BCUT2D eigenvalue weighted by Crippen LogP contribution is 2.40. The van der Waals surface area contributed by atoms with E-state index in [1.54, 1.807) is 17.0 Å². The molecular formula is C23H20ClN5O6. The summed E-state index contributed by atoms with van der Waals surface area (Å²) >= 11 is 6.30. The van der Waals surface area contributed by atoms with Crippen LogP contribution in [0.25, 0.3) is 0 Å². The Bertz CT molecular complexity index is 1310. The van der Waals surface area contributed by atoms with Crippen LogP contribution in [0.3, 0.4) is 0 Å². The van der Waals surface area contributed by atoms with E-state index in [0.29, 0.717) is 36.9 Å². The lowest BCUT2D eigenvalue weighted by Crippen LogP contribution is -2.46. The smallest absolute Gasteiger partial charge is 0.335 e. The molecule has 3 aromatic carbocycles. The van der Waals surface area contributed by atoms with Crippen molar-refractivity contribution >= 4 is 51.7 Å². The van der Waals surface area contributed by atoms with Crippen molar-refractivity contribution in [1.29, 1.82) is 0 Å². The summed E-state index contributed by atoms with van der Waals surface area (Å²) < 4.78 is 0. The summed E-state index contributed by atoms with van der Waals surface area (Å²) in [5.74, 6) is -1.15. The number of hydrogen-bond acceptors (Lipinski definition) is 8. The number of carboxylic acids is 1. The van der Waals surface area contributed by atoms with E-state index in [-0.39, 0.29) is 22.6 Å². The molecule has 0 radical (unpaired) electrons. The van der Waals surface area contributed by atoms with E-state index in [0.717, 1.165) is 11.8 Å². The molecule has 1 fully saturated rings. The van der Waals surface area contributed by atoms with E-state index in [9.17, 15) is 30.1 Å². The quantitative estimate of drug-likeness (QED) is 0.343. The molecule has 0 bridgehead atoms. The van der Waals surface area contributed by atoms with Crippen LogP contribution in [-0.4, -0.2) is 47.1 Å². The van der Waals surface area contributed by atoms with Gasteiger partial charge in [-0.05, 0) is 36.4 Å². The molecule has 1 saturated heterocycles. The van der Waals surface area contributed by atoms with Crippen LogP contribution in [0.15, 0.2) is 60.7 Å². The van der Waals surface area contributed by atoms with Gasteiger partial charge in [0.15, 0.2) is 0 Å². The zero-order valence-electron chi connectivity index (χ0n) is 18.3. The van der Waals surface area contributed by atoms with Crippen molar-refractivity contribution in [2.75, 3.05) is 41.3 Å². The minimum atomic E-state index is -1.15. The molecule has 11 nitrogen and oxygen atoms in total. The van der Waals surface area contributed by atoms with Gasteiger partial charge in [0.05, 0.1) is 32.2 Å². The maximum absolute atomic E-state index is 11.8. The van der Waals surface area contributed by atoms with Crippen LogP contribution in [-0.2, 0) is 0 Å². The first kappa shape index (κ1) is 23.8. The predicted octanol–water partition coefficient (Wildman–Crippen LogP) is 4.92. The summed E-state index contributed by atoms with van der Waals surface area (Å²) in [5.41, 5.74) is 0.547. The third-order valence-corrected chi connectivity index (χ3v) is 6.01. The third kappa shape index (κ3) is 5.09. The minimum Gasteiger partial charge on any atom is -0.478 e. The summed E-state index contributed by atoms with van der Waals surface area (Å²) in [6.45, 7) is 1.94. The average Bonchev–Trinajstić information content (AvgIpc) is 2.84. The number of nitro groups is 2. The van der Waals surface area contributed by atoms with Crippen molar-refractivity contribution in [3.63, 3.8) is 0 Å². The van der Waals surface area contributed by atoms with Crippen molar-refractivity contribution < 1.29 is 19.7 Å². The first-order chi connectivity index (χ1) is 16.7. The molecule has 4 rings (SSSR count). The number of aromatic carboxylic acids is 1. The largest absolute Gasteiger partial charge is 0.478 e. The molecular weight excluding hydrogens is 478 g/mol. The van der Waals surface area contributed by atoms with Crippen LogP contribution in [0.5, 0.6) is 0 Å². The van der Waals surface area contributed by atoms with E-state index >= 15 is 0 Å². The van der Waals surface area contributed by atoms with Gasteiger partial charge in [-0.3, -0.25) is 20.2 Å². The Morgan fingerprint density at radius 2 is 1.49 bits per heavy atom. The van der Waals surface area contributed by atoms with Gasteiger partial charge in [-0.2, -0.15) is 0 Å². The second kappa shape index (κ2) is 9.85. The first-order valence-corrected chi connectivity index (χ1v) is 10.9. The van der Waals surface area contributed by atoms with Gasteiger partial charge < -0.3 is 20.2 Å². The van der Waals surface area contributed by atoms with Gasteiger partial charge >= 0.3 is 5.97 Å². The number of benzene rings is 3. The fraction of sp³-hybridized carbons (Fsp3) is 0.174. The van der Waals surface area contributed by atoms with Gasteiger partial charge in [0.2, 0.25) is 0 Å². The highest BCUT2D eigenvalue weighted by molar-refractivity contribution is 6.33. The molecule has 0 aliphatic carbocycles. The fourth-order valence-corrected chi connectivity index (χ4v) is 4.25. The summed E-state index contributed by atoms with van der Waals surface area (Å²) in [6, 6.07) is 15.5. The van der Waals surface area contributed by atoms with Crippen LogP contribution in [0.4, 0.5) is 34.1 Å². The number of hydrogen-bond donors (Lipinski definition) is 2. The standard InChI is InChI=1S/C23H20ClN5O6/c24-17-6-1-2-7-19(17)26-8-10-27(11-9-26)21-13-18(20(28(32)33)14-22(21)29(34)35)25-16-5-3-4-15(12-16)23(30)31/h1-7,12-14,25H,8-11H2,(H,30,31). The second-order valence-electron chi connectivity index (χ2n) is 7.81. The number of nitrogens with one attached hydrogen (secondary N) is 1.